The summed E-state index contributed by atoms with van der Waals surface area (Å²) in [5, 5.41) is 18.2. The van der Waals surface area contributed by atoms with Gasteiger partial charge in [0.25, 0.3) is 0 Å². The molecule has 2 aromatic heterocycles. The average molecular weight is 238 g/mol. The summed E-state index contributed by atoms with van der Waals surface area (Å²) in [7, 11) is 0. The lowest BCUT2D eigenvalue weighted by Crippen LogP contribution is -2.06. The van der Waals surface area contributed by atoms with E-state index in [1.165, 1.54) is 0 Å². The van der Waals surface area contributed by atoms with Crippen LogP contribution in [0, 0.1) is 13.8 Å². The summed E-state index contributed by atoms with van der Waals surface area (Å²) in [6.45, 7) is 4.52. The molecule has 0 amide bonds. The number of nitrogens with zero attached hydrogens (tertiary/aromatic N) is 3. The summed E-state index contributed by atoms with van der Waals surface area (Å²) in [5.41, 5.74) is 2.96. The minimum atomic E-state index is 0.449. The fourth-order valence-corrected chi connectivity index (χ4v) is 1.49. The van der Waals surface area contributed by atoms with Gasteiger partial charge in [-0.1, -0.05) is 11.6 Å². The molecule has 0 saturated carbocycles. The van der Waals surface area contributed by atoms with E-state index in [0.717, 1.165) is 22.6 Å². The van der Waals surface area contributed by atoms with Crippen molar-refractivity contribution in [2.75, 3.05) is 5.32 Å². The van der Waals surface area contributed by atoms with Crippen LogP contribution in [0.3, 0.4) is 0 Å². The van der Waals surface area contributed by atoms with Gasteiger partial charge >= 0.3 is 0 Å². The van der Waals surface area contributed by atoms with Crippen LogP contribution in [-0.2, 0) is 6.54 Å². The Balaban J connectivity index is 2.13. The molecule has 0 radical (unpaired) electrons. The van der Waals surface area contributed by atoms with Gasteiger partial charge in [-0.25, -0.2) is 0 Å². The van der Waals surface area contributed by atoms with Gasteiger partial charge in [-0.3, -0.25) is 5.10 Å². The number of aromatic nitrogens is 4. The van der Waals surface area contributed by atoms with Crippen LogP contribution in [0.15, 0.2) is 12.3 Å². The molecule has 0 aromatic carbocycles. The topological polar surface area (TPSA) is 66.5 Å². The van der Waals surface area contributed by atoms with Crippen LogP contribution in [0.25, 0.3) is 0 Å². The second-order valence-electron chi connectivity index (χ2n) is 3.52. The summed E-state index contributed by atoms with van der Waals surface area (Å²) in [6, 6.07) is 1.90. The predicted octanol–water partition coefficient (Wildman–Crippen LogP) is 2.08. The standard InChI is InChI=1S/C10H12ClN5/c1-6-7(2)10(16-15-9(6)11)12-5-8-3-4-13-14-8/h3-4H,5H2,1-2H3,(H,12,16)(H,13,14). The van der Waals surface area contributed by atoms with Gasteiger partial charge in [-0.2, -0.15) is 5.10 Å². The molecule has 0 unspecified atom stereocenters. The monoisotopic (exact) mass is 237 g/mol. The van der Waals surface area contributed by atoms with Crippen molar-refractivity contribution in [1.29, 1.82) is 0 Å². The van der Waals surface area contributed by atoms with Gasteiger partial charge in [0.15, 0.2) is 11.0 Å². The molecule has 0 aliphatic carbocycles. The van der Waals surface area contributed by atoms with E-state index in [9.17, 15) is 0 Å². The van der Waals surface area contributed by atoms with Crippen molar-refractivity contribution in [1.82, 2.24) is 20.4 Å². The molecule has 0 fully saturated rings. The summed E-state index contributed by atoms with van der Waals surface area (Å²) in [6.07, 6.45) is 1.71. The highest BCUT2D eigenvalue weighted by atomic mass is 35.5. The molecule has 0 saturated heterocycles. The zero-order chi connectivity index (χ0) is 11.5. The van der Waals surface area contributed by atoms with Gasteiger partial charge in [-0.05, 0) is 31.0 Å². The second-order valence-corrected chi connectivity index (χ2v) is 3.88. The SMILES string of the molecule is Cc1c(Cl)nnc(NCc2ccn[nH]2)c1C. The first-order chi connectivity index (χ1) is 7.68. The highest BCUT2D eigenvalue weighted by molar-refractivity contribution is 6.30. The summed E-state index contributed by atoms with van der Waals surface area (Å²) < 4.78 is 0. The molecule has 84 valence electrons. The lowest BCUT2D eigenvalue weighted by molar-refractivity contribution is 0.939. The maximum absolute atomic E-state index is 5.87. The van der Waals surface area contributed by atoms with Crippen LogP contribution >= 0.6 is 11.6 Å². The number of anilines is 1. The minimum Gasteiger partial charge on any atom is -0.363 e. The zero-order valence-electron chi connectivity index (χ0n) is 9.08. The number of hydrogen-bond donors (Lipinski definition) is 2. The smallest absolute Gasteiger partial charge is 0.155 e. The van der Waals surface area contributed by atoms with Crippen LogP contribution in [0.1, 0.15) is 16.8 Å². The molecule has 16 heavy (non-hydrogen) atoms. The quantitative estimate of drug-likeness (QED) is 0.858. The molecule has 0 atom stereocenters. The first-order valence-corrected chi connectivity index (χ1v) is 5.28. The van der Waals surface area contributed by atoms with Gasteiger partial charge in [0, 0.05) is 6.20 Å². The fourth-order valence-electron chi connectivity index (χ4n) is 1.31. The molecule has 2 rings (SSSR count). The molecule has 2 heterocycles. The van der Waals surface area contributed by atoms with Gasteiger partial charge in [0.05, 0.1) is 12.2 Å². The van der Waals surface area contributed by atoms with Gasteiger partial charge < -0.3 is 5.32 Å². The van der Waals surface area contributed by atoms with Gasteiger partial charge in [0.1, 0.15) is 0 Å². The van der Waals surface area contributed by atoms with E-state index in [0.29, 0.717) is 11.7 Å². The number of aromatic amines is 1. The van der Waals surface area contributed by atoms with Crippen LogP contribution in [0.2, 0.25) is 5.15 Å². The summed E-state index contributed by atoms with van der Waals surface area (Å²) >= 11 is 5.87. The van der Waals surface area contributed by atoms with Crippen LogP contribution in [-0.4, -0.2) is 20.4 Å². The third-order valence-electron chi connectivity index (χ3n) is 2.47. The predicted molar refractivity (Wildman–Crippen MR) is 62.4 cm³/mol. The van der Waals surface area contributed by atoms with Crippen molar-refractivity contribution in [3.63, 3.8) is 0 Å². The number of hydrogen-bond acceptors (Lipinski definition) is 4. The van der Waals surface area contributed by atoms with E-state index in [-0.39, 0.29) is 0 Å². The Bertz CT molecular complexity index is 480. The van der Waals surface area contributed by atoms with Crippen molar-refractivity contribution in [3.05, 3.63) is 34.2 Å². The van der Waals surface area contributed by atoms with E-state index in [2.05, 4.69) is 25.7 Å². The molecular weight excluding hydrogens is 226 g/mol. The largest absolute Gasteiger partial charge is 0.363 e. The Morgan fingerprint density at radius 2 is 2.12 bits per heavy atom. The third-order valence-corrected chi connectivity index (χ3v) is 2.83. The number of H-pyrrole nitrogens is 1. The molecule has 0 spiro atoms. The second kappa shape index (κ2) is 4.49. The average Bonchev–Trinajstić information content (AvgIpc) is 2.78. The zero-order valence-corrected chi connectivity index (χ0v) is 9.84. The van der Waals surface area contributed by atoms with Crippen molar-refractivity contribution in [3.8, 4) is 0 Å². The van der Waals surface area contributed by atoms with E-state index in [4.69, 9.17) is 11.6 Å². The Morgan fingerprint density at radius 3 is 2.81 bits per heavy atom. The number of rotatable bonds is 3. The first kappa shape index (κ1) is 10.9. The Labute approximate surface area is 98.2 Å². The Morgan fingerprint density at radius 1 is 1.31 bits per heavy atom. The highest BCUT2D eigenvalue weighted by Gasteiger charge is 2.07. The van der Waals surface area contributed by atoms with E-state index >= 15 is 0 Å². The molecule has 0 bridgehead atoms. The number of halogens is 1. The first-order valence-electron chi connectivity index (χ1n) is 4.90. The molecule has 6 heteroatoms. The molecule has 2 N–H and O–H groups in total. The van der Waals surface area contributed by atoms with E-state index < -0.39 is 0 Å². The molecule has 0 aliphatic rings. The third kappa shape index (κ3) is 2.14. The van der Waals surface area contributed by atoms with Crippen LogP contribution in [0.4, 0.5) is 5.82 Å². The number of nitrogens with one attached hydrogen (secondary N) is 2. The molecule has 0 aliphatic heterocycles. The van der Waals surface area contributed by atoms with Crippen molar-refractivity contribution >= 4 is 17.4 Å². The molecule has 5 nitrogen and oxygen atoms in total. The maximum atomic E-state index is 5.87. The van der Waals surface area contributed by atoms with E-state index in [1.54, 1.807) is 6.20 Å². The maximum Gasteiger partial charge on any atom is 0.155 e. The van der Waals surface area contributed by atoms with Gasteiger partial charge in [0.2, 0.25) is 0 Å². The normalized spacial score (nSPS) is 10.4. The van der Waals surface area contributed by atoms with Crippen molar-refractivity contribution in [2.24, 2.45) is 0 Å². The molecular formula is C10H12ClN5. The lowest BCUT2D eigenvalue weighted by atomic mass is 10.2. The van der Waals surface area contributed by atoms with Gasteiger partial charge in [-0.15, -0.1) is 10.2 Å². The summed E-state index contributed by atoms with van der Waals surface area (Å²) in [4.78, 5) is 0. The fraction of sp³-hybridized carbons (Fsp3) is 0.300. The Hall–Kier alpha value is -1.62. The van der Waals surface area contributed by atoms with Crippen LogP contribution in [0.5, 0.6) is 0 Å². The Kier molecular flexibility index (Phi) is 3.05. The summed E-state index contributed by atoms with van der Waals surface area (Å²) in [5.74, 6) is 0.747. The minimum absolute atomic E-state index is 0.449. The van der Waals surface area contributed by atoms with Crippen LogP contribution < -0.4 is 5.32 Å². The van der Waals surface area contributed by atoms with Crippen molar-refractivity contribution in [2.45, 2.75) is 20.4 Å². The van der Waals surface area contributed by atoms with E-state index in [1.807, 2.05) is 19.9 Å². The lowest BCUT2D eigenvalue weighted by Gasteiger charge is -2.09. The molecule has 2 aromatic rings. The highest BCUT2D eigenvalue weighted by Crippen LogP contribution is 2.20. The van der Waals surface area contributed by atoms with Crippen molar-refractivity contribution < 1.29 is 0 Å².